The van der Waals surface area contributed by atoms with Crippen molar-refractivity contribution in [3.8, 4) is 5.75 Å². The fourth-order valence-corrected chi connectivity index (χ4v) is 4.21. The van der Waals surface area contributed by atoms with Crippen LogP contribution in [0, 0.1) is 5.82 Å². The number of para-hydroxylation sites is 2. The van der Waals surface area contributed by atoms with Crippen LogP contribution in [-0.4, -0.2) is 52.6 Å². The monoisotopic (exact) mass is 424 g/mol. The number of aromatic nitrogens is 2. The SMILES string of the molecule is Cn1c(CCN2C(=O)CC[C@H]2CCNCCOc2ccc(F)cc2)nc2ccccc21. The lowest BCUT2D eigenvalue weighted by atomic mass is 10.1. The van der Waals surface area contributed by atoms with Gasteiger partial charge in [0.2, 0.25) is 5.91 Å². The first-order valence-corrected chi connectivity index (χ1v) is 10.9. The summed E-state index contributed by atoms with van der Waals surface area (Å²) in [6, 6.07) is 14.4. The minimum atomic E-state index is -0.266. The molecule has 164 valence electrons. The molecule has 31 heavy (non-hydrogen) atoms. The number of rotatable bonds is 10. The molecule has 1 aliphatic rings. The number of imidazole rings is 1. The van der Waals surface area contributed by atoms with Crippen LogP contribution in [0.2, 0.25) is 0 Å². The Balaban J connectivity index is 1.20. The van der Waals surface area contributed by atoms with Crippen LogP contribution in [0.3, 0.4) is 0 Å². The predicted molar refractivity (Wildman–Crippen MR) is 119 cm³/mol. The lowest BCUT2D eigenvalue weighted by Crippen LogP contribution is -2.37. The molecule has 0 bridgehead atoms. The molecule has 1 N–H and O–H groups in total. The van der Waals surface area contributed by atoms with Gasteiger partial charge in [0.15, 0.2) is 0 Å². The maximum atomic E-state index is 12.9. The number of ether oxygens (including phenoxy) is 1. The van der Waals surface area contributed by atoms with Gasteiger partial charge in [0.25, 0.3) is 0 Å². The number of halogens is 1. The van der Waals surface area contributed by atoms with Gasteiger partial charge in [-0.05, 0) is 55.8 Å². The number of benzene rings is 2. The molecule has 1 atom stereocenters. The Kier molecular flexibility index (Phi) is 6.82. The molecule has 0 aliphatic carbocycles. The number of nitrogens with zero attached hydrogens (tertiary/aromatic N) is 3. The van der Waals surface area contributed by atoms with Gasteiger partial charge in [-0.25, -0.2) is 9.37 Å². The maximum Gasteiger partial charge on any atom is 0.222 e. The predicted octanol–water partition coefficient (Wildman–Crippen LogP) is 3.30. The largest absolute Gasteiger partial charge is 0.492 e. The summed E-state index contributed by atoms with van der Waals surface area (Å²) in [6.45, 7) is 2.76. The molecule has 0 spiro atoms. The van der Waals surface area contributed by atoms with Crippen LogP contribution in [0.1, 0.15) is 25.1 Å². The fourth-order valence-electron chi connectivity index (χ4n) is 4.21. The van der Waals surface area contributed by atoms with E-state index in [1.165, 1.54) is 12.1 Å². The number of amides is 1. The highest BCUT2D eigenvalue weighted by molar-refractivity contribution is 5.79. The van der Waals surface area contributed by atoms with Crippen molar-refractivity contribution >= 4 is 16.9 Å². The molecular weight excluding hydrogens is 395 g/mol. The first kappa shape index (κ1) is 21.3. The molecule has 6 nitrogen and oxygen atoms in total. The highest BCUT2D eigenvalue weighted by Crippen LogP contribution is 2.22. The minimum absolute atomic E-state index is 0.239. The Labute approximate surface area is 182 Å². The van der Waals surface area contributed by atoms with Gasteiger partial charge in [0.05, 0.1) is 11.0 Å². The smallest absolute Gasteiger partial charge is 0.222 e. The van der Waals surface area contributed by atoms with Gasteiger partial charge in [-0.15, -0.1) is 0 Å². The molecule has 4 rings (SSSR count). The molecule has 2 heterocycles. The average molecular weight is 425 g/mol. The Morgan fingerprint density at radius 3 is 2.77 bits per heavy atom. The van der Waals surface area contributed by atoms with Crippen LogP contribution in [0.5, 0.6) is 5.75 Å². The van der Waals surface area contributed by atoms with Gasteiger partial charge < -0.3 is 19.5 Å². The number of carbonyl (C=O) groups excluding carboxylic acids is 1. The van der Waals surface area contributed by atoms with Gasteiger partial charge >= 0.3 is 0 Å². The summed E-state index contributed by atoms with van der Waals surface area (Å²) in [5.74, 6) is 1.65. The molecule has 0 saturated carbocycles. The molecule has 1 aromatic heterocycles. The third kappa shape index (κ3) is 5.22. The van der Waals surface area contributed by atoms with Gasteiger partial charge in [0.1, 0.15) is 24.0 Å². The molecule has 1 aliphatic heterocycles. The van der Waals surface area contributed by atoms with Crippen molar-refractivity contribution < 1.29 is 13.9 Å². The standard InChI is InChI=1S/C24H29FN4O2/c1-28-22-5-3-2-4-21(22)27-23(28)13-16-29-19(8-11-24(29)30)12-14-26-15-17-31-20-9-6-18(25)7-10-20/h2-7,9-10,19,26H,8,11-17H2,1H3/t19-/m0/s1. The molecular formula is C24H29FN4O2. The highest BCUT2D eigenvalue weighted by Gasteiger charge is 2.30. The Hall–Kier alpha value is -2.93. The van der Waals surface area contributed by atoms with Crippen molar-refractivity contribution in [1.29, 1.82) is 0 Å². The molecule has 1 saturated heterocycles. The first-order chi connectivity index (χ1) is 15.1. The lowest BCUT2D eigenvalue weighted by Gasteiger charge is -2.25. The van der Waals surface area contributed by atoms with E-state index < -0.39 is 0 Å². The zero-order chi connectivity index (χ0) is 21.6. The van der Waals surface area contributed by atoms with Crippen LogP contribution in [0.4, 0.5) is 4.39 Å². The summed E-state index contributed by atoms with van der Waals surface area (Å²) in [5.41, 5.74) is 2.12. The summed E-state index contributed by atoms with van der Waals surface area (Å²) in [5, 5.41) is 3.38. The van der Waals surface area contributed by atoms with Gasteiger partial charge in [-0.1, -0.05) is 12.1 Å². The van der Waals surface area contributed by atoms with Crippen molar-refractivity contribution in [3.63, 3.8) is 0 Å². The van der Waals surface area contributed by atoms with Crippen LogP contribution in [0.25, 0.3) is 11.0 Å². The van der Waals surface area contributed by atoms with E-state index in [-0.39, 0.29) is 17.8 Å². The van der Waals surface area contributed by atoms with Gasteiger partial charge in [0, 0.05) is 39.0 Å². The first-order valence-electron chi connectivity index (χ1n) is 10.9. The normalized spacial score (nSPS) is 16.4. The average Bonchev–Trinajstić information content (AvgIpc) is 3.29. The van der Waals surface area contributed by atoms with Crippen LogP contribution < -0.4 is 10.1 Å². The number of nitrogens with one attached hydrogen (secondary N) is 1. The molecule has 0 radical (unpaired) electrons. The number of carbonyl (C=O) groups is 1. The van der Waals surface area contributed by atoms with Crippen molar-refractivity contribution in [2.75, 3.05) is 26.2 Å². The van der Waals surface area contributed by atoms with Crippen LogP contribution in [0.15, 0.2) is 48.5 Å². The number of hydrogen-bond acceptors (Lipinski definition) is 4. The van der Waals surface area contributed by atoms with Crippen LogP contribution in [-0.2, 0) is 18.3 Å². The summed E-state index contributed by atoms with van der Waals surface area (Å²) >= 11 is 0. The maximum absolute atomic E-state index is 12.9. The van der Waals surface area contributed by atoms with E-state index >= 15 is 0 Å². The second kappa shape index (κ2) is 9.92. The Bertz CT molecular complexity index is 1020. The van der Waals surface area contributed by atoms with Crippen molar-refractivity contribution in [2.24, 2.45) is 7.05 Å². The van der Waals surface area contributed by atoms with E-state index in [2.05, 4.69) is 16.0 Å². The second-order valence-corrected chi connectivity index (χ2v) is 7.95. The van der Waals surface area contributed by atoms with E-state index in [4.69, 9.17) is 9.72 Å². The van der Waals surface area contributed by atoms with E-state index in [9.17, 15) is 9.18 Å². The molecule has 1 fully saturated rings. The minimum Gasteiger partial charge on any atom is -0.492 e. The molecule has 0 unspecified atom stereocenters. The van der Waals surface area contributed by atoms with Crippen molar-refractivity contribution in [2.45, 2.75) is 31.7 Å². The van der Waals surface area contributed by atoms with E-state index in [0.717, 1.165) is 42.7 Å². The molecule has 1 amide bonds. The molecule has 3 aromatic rings. The van der Waals surface area contributed by atoms with E-state index in [1.807, 2.05) is 30.1 Å². The summed E-state index contributed by atoms with van der Waals surface area (Å²) < 4.78 is 20.6. The Morgan fingerprint density at radius 1 is 1.16 bits per heavy atom. The molecule has 2 aromatic carbocycles. The lowest BCUT2D eigenvalue weighted by molar-refractivity contribution is -0.129. The van der Waals surface area contributed by atoms with Gasteiger partial charge in [-0.2, -0.15) is 0 Å². The number of fused-ring (bicyclic) bond motifs is 1. The van der Waals surface area contributed by atoms with Crippen LogP contribution >= 0.6 is 0 Å². The summed E-state index contributed by atoms with van der Waals surface area (Å²) in [6.07, 6.45) is 3.22. The van der Waals surface area contributed by atoms with E-state index in [1.54, 1.807) is 12.1 Å². The zero-order valence-electron chi connectivity index (χ0n) is 17.9. The Morgan fingerprint density at radius 2 is 1.97 bits per heavy atom. The second-order valence-electron chi connectivity index (χ2n) is 7.95. The summed E-state index contributed by atoms with van der Waals surface area (Å²) in [7, 11) is 2.03. The van der Waals surface area contributed by atoms with Crippen molar-refractivity contribution in [1.82, 2.24) is 19.8 Å². The third-order valence-electron chi connectivity index (χ3n) is 5.92. The van der Waals surface area contributed by atoms with Gasteiger partial charge in [-0.3, -0.25) is 4.79 Å². The number of aryl methyl sites for hydroxylation is 1. The van der Waals surface area contributed by atoms with Crippen molar-refractivity contribution in [3.05, 3.63) is 60.2 Å². The number of hydrogen-bond donors (Lipinski definition) is 1. The number of likely N-dealkylation sites (tertiary alicyclic amines) is 1. The fraction of sp³-hybridized carbons (Fsp3) is 0.417. The van der Waals surface area contributed by atoms with E-state index in [0.29, 0.717) is 31.9 Å². The third-order valence-corrected chi connectivity index (χ3v) is 5.92. The quantitative estimate of drug-likeness (QED) is 0.508. The highest BCUT2D eigenvalue weighted by atomic mass is 19.1. The zero-order valence-corrected chi connectivity index (χ0v) is 17.9. The summed E-state index contributed by atoms with van der Waals surface area (Å²) in [4.78, 5) is 19.2. The topological polar surface area (TPSA) is 59.4 Å². The molecule has 7 heteroatoms.